The molecule has 2 aromatic heterocycles. The van der Waals surface area contributed by atoms with Gasteiger partial charge in [-0.05, 0) is 55.4 Å². The van der Waals surface area contributed by atoms with Crippen LogP contribution in [0.5, 0.6) is 11.6 Å². The van der Waals surface area contributed by atoms with E-state index in [0.29, 0.717) is 23.9 Å². The Labute approximate surface area is 209 Å². The van der Waals surface area contributed by atoms with Crippen molar-refractivity contribution in [2.24, 2.45) is 5.92 Å². The molecule has 0 saturated heterocycles. The first-order valence-electron chi connectivity index (χ1n) is 11.8. The summed E-state index contributed by atoms with van der Waals surface area (Å²) in [6, 6.07) is 11.7. The summed E-state index contributed by atoms with van der Waals surface area (Å²) in [6.45, 7) is 5.12. The predicted molar refractivity (Wildman–Crippen MR) is 138 cm³/mol. The lowest BCUT2D eigenvalue weighted by molar-refractivity contribution is 0.0856. The van der Waals surface area contributed by atoms with Gasteiger partial charge in [-0.1, -0.05) is 30.7 Å². The number of carbonyl (C=O) groups excluding carboxylic acids is 1. The molecule has 182 valence electrons. The molecule has 0 spiro atoms. The Kier molecular flexibility index (Phi) is 6.54. The summed E-state index contributed by atoms with van der Waals surface area (Å²) in [6.07, 6.45) is 4.37. The number of ketones is 1. The van der Waals surface area contributed by atoms with Crippen LogP contribution in [0.15, 0.2) is 48.8 Å². The average Bonchev–Trinajstić information content (AvgIpc) is 3.50. The molecule has 1 unspecified atom stereocenters. The first-order chi connectivity index (χ1) is 17.0. The maximum atomic E-state index is 13.8. The van der Waals surface area contributed by atoms with Crippen molar-refractivity contribution in [3.63, 3.8) is 0 Å². The second-order valence-electron chi connectivity index (χ2n) is 9.01. The number of methoxy groups -OCH3 is 1. The minimum Gasteiger partial charge on any atom is -0.493 e. The summed E-state index contributed by atoms with van der Waals surface area (Å²) >= 11 is 6.19. The summed E-state index contributed by atoms with van der Waals surface area (Å²) in [5.74, 6) is 1.26. The smallest absolute Gasteiger partial charge is 0.216 e. The highest BCUT2D eigenvalue weighted by Crippen LogP contribution is 2.35. The zero-order chi connectivity index (χ0) is 24.5. The molecule has 7 nitrogen and oxygen atoms in total. The number of nitrogens with zero attached hydrogens (tertiary/aromatic N) is 3. The first-order valence-corrected chi connectivity index (χ1v) is 12.2. The van der Waals surface area contributed by atoms with Crippen molar-refractivity contribution in [2.45, 2.75) is 19.9 Å². The summed E-state index contributed by atoms with van der Waals surface area (Å²) in [5, 5.41) is 8.59. The van der Waals surface area contributed by atoms with Gasteiger partial charge in [0.25, 0.3) is 0 Å². The van der Waals surface area contributed by atoms with Crippen LogP contribution in [0, 0.1) is 5.92 Å². The number of aromatic nitrogens is 3. The van der Waals surface area contributed by atoms with Crippen LogP contribution in [0.4, 0.5) is 0 Å². The number of hydrogen-bond acceptors (Lipinski definition) is 5. The standard InChI is InChI=1S/C27H29ClN4O3/c1-4-31(2)9-10-32-15-23(26(33)19-11-18-12-20(28)6-8-25(18)35-16-19)21-7-5-17(13-24(21)32)22-14-29-30-27(22)34-3/h5-8,12-15,19H,4,9-11,16H2,1-3H3,(H,29,30). The zero-order valence-electron chi connectivity index (χ0n) is 20.2. The molecular formula is C27H29ClN4O3. The first kappa shape index (κ1) is 23.5. The van der Waals surface area contributed by atoms with Gasteiger partial charge in [0, 0.05) is 40.8 Å². The fourth-order valence-electron chi connectivity index (χ4n) is 4.66. The number of likely N-dealkylation sites (N-methyl/N-ethyl adjacent to an activating group) is 1. The molecular weight excluding hydrogens is 464 g/mol. The van der Waals surface area contributed by atoms with Crippen molar-refractivity contribution < 1.29 is 14.3 Å². The average molecular weight is 493 g/mol. The molecule has 35 heavy (non-hydrogen) atoms. The van der Waals surface area contributed by atoms with Crippen LogP contribution >= 0.6 is 11.6 Å². The lowest BCUT2D eigenvalue weighted by Gasteiger charge is -2.24. The molecule has 0 fully saturated rings. The van der Waals surface area contributed by atoms with Crippen LogP contribution in [0.25, 0.3) is 22.0 Å². The molecule has 4 aromatic rings. The van der Waals surface area contributed by atoms with Crippen molar-refractivity contribution in [1.82, 2.24) is 19.7 Å². The minimum atomic E-state index is -0.257. The third-order valence-corrected chi connectivity index (χ3v) is 7.06. The molecule has 1 aliphatic rings. The number of nitrogens with one attached hydrogen (secondary N) is 1. The highest BCUT2D eigenvalue weighted by atomic mass is 35.5. The van der Waals surface area contributed by atoms with Crippen LogP contribution < -0.4 is 9.47 Å². The van der Waals surface area contributed by atoms with Gasteiger partial charge in [-0.3, -0.25) is 4.79 Å². The second-order valence-corrected chi connectivity index (χ2v) is 9.45. The van der Waals surface area contributed by atoms with Gasteiger partial charge in [0.1, 0.15) is 5.75 Å². The van der Waals surface area contributed by atoms with E-state index < -0.39 is 0 Å². The third-order valence-electron chi connectivity index (χ3n) is 6.83. The van der Waals surface area contributed by atoms with Crippen LogP contribution in [0.1, 0.15) is 22.8 Å². The zero-order valence-corrected chi connectivity index (χ0v) is 20.9. The number of benzene rings is 2. The Balaban J connectivity index is 1.52. The normalized spacial score (nSPS) is 15.3. The number of carbonyl (C=O) groups is 1. The number of H-pyrrole nitrogens is 1. The molecule has 8 heteroatoms. The van der Waals surface area contributed by atoms with E-state index in [2.05, 4.69) is 39.7 Å². The molecule has 0 radical (unpaired) electrons. The Bertz CT molecular complexity index is 1380. The van der Waals surface area contributed by atoms with Gasteiger partial charge in [0.15, 0.2) is 5.78 Å². The molecule has 0 aliphatic carbocycles. The molecule has 1 N–H and O–H groups in total. The minimum absolute atomic E-state index is 0.0943. The van der Waals surface area contributed by atoms with E-state index >= 15 is 0 Å². The van der Waals surface area contributed by atoms with Gasteiger partial charge < -0.3 is 18.9 Å². The molecule has 2 aromatic carbocycles. The number of hydrogen-bond donors (Lipinski definition) is 1. The summed E-state index contributed by atoms with van der Waals surface area (Å²) in [5.41, 5.74) is 4.58. The molecule has 3 heterocycles. The van der Waals surface area contributed by atoms with Crippen molar-refractivity contribution in [3.8, 4) is 22.8 Å². The van der Waals surface area contributed by atoms with E-state index in [4.69, 9.17) is 21.1 Å². The van der Waals surface area contributed by atoms with E-state index in [1.807, 2.05) is 36.5 Å². The highest BCUT2D eigenvalue weighted by Gasteiger charge is 2.29. The van der Waals surface area contributed by atoms with Crippen molar-refractivity contribution >= 4 is 28.3 Å². The molecule has 0 saturated carbocycles. The van der Waals surface area contributed by atoms with Gasteiger partial charge in [0.05, 0.1) is 31.4 Å². The molecule has 0 bridgehead atoms. The maximum absolute atomic E-state index is 13.8. The maximum Gasteiger partial charge on any atom is 0.216 e. The van der Waals surface area contributed by atoms with Crippen molar-refractivity contribution in [3.05, 3.63) is 64.9 Å². The number of Topliss-reactive ketones (excluding diaryl/α,β-unsaturated/α-hetero) is 1. The molecule has 1 atom stereocenters. The lowest BCUT2D eigenvalue weighted by atomic mass is 9.89. The fraction of sp³-hybridized carbons (Fsp3) is 0.333. The molecule has 1 aliphatic heterocycles. The Morgan fingerprint density at radius 3 is 2.97 bits per heavy atom. The topological polar surface area (TPSA) is 72.4 Å². The van der Waals surface area contributed by atoms with Crippen LogP contribution in [-0.2, 0) is 13.0 Å². The van der Waals surface area contributed by atoms with E-state index in [9.17, 15) is 4.79 Å². The largest absolute Gasteiger partial charge is 0.493 e. The van der Waals surface area contributed by atoms with Crippen LogP contribution in [-0.4, -0.2) is 59.3 Å². The van der Waals surface area contributed by atoms with Crippen molar-refractivity contribution in [2.75, 3.05) is 33.9 Å². The summed E-state index contributed by atoms with van der Waals surface area (Å²) in [7, 11) is 3.72. The monoisotopic (exact) mass is 492 g/mol. The number of fused-ring (bicyclic) bond motifs is 2. The summed E-state index contributed by atoms with van der Waals surface area (Å²) < 4.78 is 13.5. The quantitative estimate of drug-likeness (QED) is 0.347. The highest BCUT2D eigenvalue weighted by molar-refractivity contribution is 6.30. The lowest BCUT2D eigenvalue weighted by Crippen LogP contribution is -2.28. The number of halogens is 1. The van der Waals surface area contributed by atoms with Gasteiger partial charge >= 0.3 is 0 Å². The summed E-state index contributed by atoms with van der Waals surface area (Å²) in [4.78, 5) is 16.0. The Hall–Kier alpha value is -3.29. The van der Waals surface area contributed by atoms with Crippen LogP contribution in [0.2, 0.25) is 5.02 Å². The Morgan fingerprint density at radius 1 is 1.31 bits per heavy atom. The van der Waals surface area contributed by atoms with E-state index in [1.54, 1.807) is 13.3 Å². The number of aromatic amines is 1. The SMILES string of the molecule is CCN(C)CCn1cc(C(=O)C2COc3ccc(Cl)cc3C2)c2ccc(-c3cn[nH]c3OC)cc21. The van der Waals surface area contributed by atoms with E-state index in [1.165, 1.54) is 0 Å². The third kappa shape index (κ3) is 4.54. The van der Waals surface area contributed by atoms with Crippen LogP contribution in [0.3, 0.4) is 0 Å². The number of ether oxygens (including phenoxy) is 2. The van der Waals surface area contributed by atoms with Gasteiger partial charge in [-0.25, -0.2) is 5.10 Å². The fourth-order valence-corrected chi connectivity index (χ4v) is 4.86. The van der Waals surface area contributed by atoms with Gasteiger partial charge in [-0.2, -0.15) is 5.10 Å². The predicted octanol–water partition coefficient (Wildman–Crippen LogP) is 5.08. The molecule has 5 rings (SSSR count). The van der Waals surface area contributed by atoms with Crippen molar-refractivity contribution in [1.29, 1.82) is 0 Å². The van der Waals surface area contributed by atoms with E-state index in [-0.39, 0.29) is 11.7 Å². The molecule has 0 amide bonds. The Morgan fingerprint density at radius 2 is 2.17 bits per heavy atom. The van der Waals surface area contributed by atoms with E-state index in [0.717, 1.165) is 58.5 Å². The van der Waals surface area contributed by atoms with Gasteiger partial charge in [-0.15, -0.1) is 0 Å². The van der Waals surface area contributed by atoms with Gasteiger partial charge in [0.2, 0.25) is 5.88 Å². The number of rotatable bonds is 8. The second kappa shape index (κ2) is 9.76.